The smallest absolute Gasteiger partial charge is 0.215 e. The molecule has 0 heterocycles. The van der Waals surface area contributed by atoms with Gasteiger partial charge in [0.25, 0.3) is 0 Å². The topological polar surface area (TPSA) is 48.1 Å². The quantitative estimate of drug-likeness (QED) is 0.698. The van der Waals surface area contributed by atoms with Crippen LogP contribution in [0.15, 0.2) is 12.3 Å². The lowest BCUT2D eigenvalue weighted by Crippen LogP contribution is -3.05. The molecular weight excluding hydrogens is 278 g/mol. The van der Waals surface area contributed by atoms with Crippen LogP contribution in [0, 0.1) is 11.8 Å². The minimum absolute atomic E-state index is 0.0315. The van der Waals surface area contributed by atoms with Crippen molar-refractivity contribution >= 4 is 5.91 Å². The zero-order valence-electron chi connectivity index (χ0n) is 14.5. The van der Waals surface area contributed by atoms with Gasteiger partial charge in [0.2, 0.25) is 5.91 Å². The largest absolute Gasteiger partial charge is 0.390 e. The molecule has 5 unspecified atom stereocenters. The molecular formula is C17H31N3O2. The van der Waals surface area contributed by atoms with Crippen molar-refractivity contribution in [3.05, 3.63) is 17.8 Å². The third-order valence-electron chi connectivity index (χ3n) is 4.92. The van der Waals surface area contributed by atoms with Crippen LogP contribution in [0.3, 0.4) is 0 Å². The van der Waals surface area contributed by atoms with Crippen LogP contribution in [0.2, 0.25) is 0 Å². The maximum Gasteiger partial charge on any atom is 0.215 e. The Morgan fingerprint density at radius 3 is 2.68 bits per heavy atom. The van der Waals surface area contributed by atoms with E-state index in [9.17, 15) is 4.79 Å². The molecule has 0 saturated heterocycles. The highest BCUT2D eigenvalue weighted by Gasteiger charge is 2.40. The molecule has 2 bridgehead atoms. The van der Waals surface area contributed by atoms with E-state index in [2.05, 4.69) is 12.1 Å². The molecule has 0 aliphatic heterocycles. The molecule has 0 radical (unpaired) electrons. The summed E-state index contributed by atoms with van der Waals surface area (Å²) in [5, 5.41) is 2.36. The Balaban J connectivity index is 1.82. The molecule has 2 saturated carbocycles. The van der Waals surface area contributed by atoms with Crippen LogP contribution in [-0.4, -0.2) is 36.7 Å². The van der Waals surface area contributed by atoms with Crippen molar-refractivity contribution in [3.8, 4) is 0 Å². The molecule has 0 aromatic carbocycles. The molecule has 1 N–H and O–H groups in total. The van der Waals surface area contributed by atoms with Crippen LogP contribution in [0.4, 0.5) is 0 Å². The lowest BCUT2D eigenvalue weighted by molar-refractivity contribution is -0.846. The Hall–Kier alpha value is -0.910. The van der Waals surface area contributed by atoms with Crippen molar-refractivity contribution in [1.29, 1.82) is 0 Å². The normalized spacial score (nSPS) is 29.4. The van der Waals surface area contributed by atoms with Gasteiger partial charge in [0.15, 0.2) is 0 Å². The van der Waals surface area contributed by atoms with Crippen molar-refractivity contribution in [2.75, 3.05) is 13.6 Å². The second-order valence-electron chi connectivity index (χ2n) is 6.99. The van der Waals surface area contributed by atoms with E-state index in [1.807, 2.05) is 27.8 Å². The van der Waals surface area contributed by atoms with Crippen LogP contribution in [0.5, 0.6) is 0 Å². The molecule has 2 rings (SSSR count). The number of carbonyl (C=O) groups excluding carboxylic acids is 1. The number of quaternary nitrogens is 1. The molecule has 2 aliphatic rings. The predicted octanol–water partition coefficient (Wildman–Crippen LogP) is 2.07. The average Bonchev–Trinajstić information content (AvgIpc) is 3.06. The first kappa shape index (κ1) is 17.4. The van der Waals surface area contributed by atoms with Gasteiger partial charge >= 0.3 is 0 Å². The van der Waals surface area contributed by atoms with Crippen molar-refractivity contribution in [2.24, 2.45) is 11.8 Å². The summed E-state index contributed by atoms with van der Waals surface area (Å²) in [4.78, 5) is 12.5. The summed E-state index contributed by atoms with van der Waals surface area (Å²) in [6.07, 6.45) is 5.84. The van der Waals surface area contributed by atoms with Crippen LogP contribution in [0.1, 0.15) is 52.9 Å². The van der Waals surface area contributed by atoms with E-state index in [1.54, 1.807) is 0 Å². The second kappa shape index (κ2) is 7.57. The summed E-state index contributed by atoms with van der Waals surface area (Å²) in [6.45, 7) is 10.5. The summed E-state index contributed by atoms with van der Waals surface area (Å²) >= 11 is 0. The standard InChI is InChI=1S/C17H31N3O2/c1-6-19(5)18-20(12(2)3)17(21)9-13(4)22-16-11-14-7-8-15(16)10-14/h13-16,19H,2,6-11H2,1,3-5H3. The highest BCUT2D eigenvalue weighted by Crippen LogP contribution is 2.46. The van der Waals surface area contributed by atoms with E-state index in [4.69, 9.17) is 4.74 Å². The molecule has 5 heteroatoms. The summed E-state index contributed by atoms with van der Waals surface area (Å²) < 4.78 is 6.15. The summed E-state index contributed by atoms with van der Waals surface area (Å²) in [5.41, 5.74) is 5.02. The first-order valence-corrected chi connectivity index (χ1v) is 8.58. The van der Waals surface area contributed by atoms with E-state index in [1.165, 1.54) is 30.7 Å². The number of hydrogen-bond acceptors (Lipinski definition) is 2. The Kier molecular flexibility index (Phi) is 6.01. The molecule has 5 nitrogen and oxygen atoms in total. The minimum Gasteiger partial charge on any atom is -0.390 e. The van der Waals surface area contributed by atoms with Crippen LogP contribution in [0.25, 0.3) is 5.53 Å². The first-order valence-electron chi connectivity index (χ1n) is 8.58. The number of fused-ring (bicyclic) bond motifs is 2. The second-order valence-corrected chi connectivity index (χ2v) is 6.99. The number of ether oxygens (including phenoxy) is 1. The van der Waals surface area contributed by atoms with E-state index >= 15 is 0 Å². The van der Waals surface area contributed by atoms with E-state index in [0.717, 1.165) is 23.4 Å². The van der Waals surface area contributed by atoms with Gasteiger partial charge in [0, 0.05) is 0 Å². The molecule has 1 amide bonds. The molecule has 5 atom stereocenters. The molecule has 22 heavy (non-hydrogen) atoms. The van der Waals surface area contributed by atoms with E-state index < -0.39 is 0 Å². The van der Waals surface area contributed by atoms with E-state index in [-0.39, 0.29) is 12.0 Å². The van der Waals surface area contributed by atoms with Crippen LogP contribution >= 0.6 is 0 Å². The third-order valence-corrected chi connectivity index (χ3v) is 4.92. The highest BCUT2D eigenvalue weighted by atomic mass is 16.5. The Morgan fingerprint density at radius 2 is 2.18 bits per heavy atom. The maximum absolute atomic E-state index is 12.5. The molecule has 126 valence electrons. The number of rotatable bonds is 8. The van der Waals surface area contributed by atoms with Gasteiger partial charge < -0.3 is 20.3 Å². The zero-order chi connectivity index (χ0) is 16.3. The number of nitrogens with one attached hydrogen (secondary N) is 1. The fourth-order valence-electron chi connectivity index (χ4n) is 3.63. The Morgan fingerprint density at radius 1 is 1.45 bits per heavy atom. The molecule has 0 aromatic heterocycles. The summed E-state index contributed by atoms with van der Waals surface area (Å²) in [5.74, 6) is 1.55. The van der Waals surface area contributed by atoms with Gasteiger partial charge in [-0.2, -0.15) is 0 Å². The average molecular weight is 309 g/mol. The maximum atomic E-state index is 12.5. The molecule has 2 fully saturated rings. The van der Waals surface area contributed by atoms with Gasteiger partial charge in [0.1, 0.15) is 0 Å². The third kappa shape index (κ3) is 4.31. The van der Waals surface area contributed by atoms with Gasteiger partial charge in [-0.05, 0) is 64.0 Å². The van der Waals surface area contributed by atoms with Gasteiger partial charge in [-0.25, -0.2) is 0 Å². The zero-order valence-corrected chi connectivity index (χ0v) is 14.5. The fourth-order valence-corrected chi connectivity index (χ4v) is 3.63. The van der Waals surface area contributed by atoms with Crippen molar-refractivity contribution in [2.45, 2.75) is 65.1 Å². The highest BCUT2D eigenvalue weighted by molar-refractivity contribution is 5.79. The van der Waals surface area contributed by atoms with Gasteiger partial charge in [-0.3, -0.25) is 4.79 Å². The van der Waals surface area contributed by atoms with Crippen molar-refractivity contribution < 1.29 is 14.5 Å². The number of amides is 1. The Bertz CT molecular complexity index is 413. The number of nitrogens with zero attached hydrogens (tertiary/aromatic N) is 2. The molecule has 2 aliphatic carbocycles. The SMILES string of the molecule is C=C(C)N([N-][NH+](C)CC)C(=O)CC(C)OC1CC2CCC1C2. The summed E-state index contributed by atoms with van der Waals surface area (Å²) in [6, 6.07) is 0. The fraction of sp³-hybridized carbons (Fsp3) is 0.824. The van der Waals surface area contributed by atoms with Crippen LogP contribution in [-0.2, 0) is 9.53 Å². The lowest BCUT2D eigenvalue weighted by atomic mass is 9.97. The van der Waals surface area contributed by atoms with E-state index in [0.29, 0.717) is 18.2 Å². The number of allylic oxidation sites excluding steroid dienone is 1. The number of hydrogen-bond donors (Lipinski definition) is 1. The molecule has 0 aromatic rings. The van der Waals surface area contributed by atoms with Crippen LogP contribution < -0.4 is 5.01 Å². The van der Waals surface area contributed by atoms with Gasteiger partial charge in [-0.15, -0.1) is 0 Å². The molecule has 0 spiro atoms. The first-order chi connectivity index (χ1) is 10.4. The van der Waals surface area contributed by atoms with Gasteiger partial charge in [0.05, 0.1) is 32.2 Å². The van der Waals surface area contributed by atoms with Crippen molar-refractivity contribution in [1.82, 2.24) is 5.01 Å². The summed E-state index contributed by atoms with van der Waals surface area (Å²) in [7, 11) is 1.93. The lowest BCUT2D eigenvalue weighted by Gasteiger charge is -2.39. The predicted molar refractivity (Wildman–Crippen MR) is 86.8 cm³/mol. The monoisotopic (exact) mass is 309 g/mol. The minimum atomic E-state index is -0.0594. The Labute approximate surface area is 134 Å². The number of carbonyl (C=O) groups is 1. The van der Waals surface area contributed by atoms with Crippen molar-refractivity contribution in [3.63, 3.8) is 0 Å². The van der Waals surface area contributed by atoms with Gasteiger partial charge in [-0.1, -0.05) is 6.58 Å².